The molecule has 3 heterocycles. The zero-order chi connectivity index (χ0) is 30.7. The van der Waals surface area contributed by atoms with Gasteiger partial charge in [0.2, 0.25) is 11.8 Å². The number of rotatable bonds is 10. The SMILES string of the molecule is N=C(CC1(C=O)CCCNC1=O)/C(Cl)=C\c1ncc(C(NC(=O)c2ccnn2CC(F)(F)F)C2CCC(F)(F)CC2)[nH]1. The van der Waals surface area contributed by atoms with Crippen molar-refractivity contribution in [2.45, 2.75) is 69.6 Å². The number of nitrogens with one attached hydrogen (secondary N) is 4. The number of allylic oxidation sites excluding steroid dienone is 1. The predicted molar refractivity (Wildman–Crippen MR) is 141 cm³/mol. The molecule has 2 aliphatic rings. The maximum atomic E-state index is 13.9. The number of halogens is 6. The summed E-state index contributed by atoms with van der Waals surface area (Å²) in [6.07, 6.45) is -0.600. The molecule has 42 heavy (non-hydrogen) atoms. The largest absolute Gasteiger partial charge is 0.408 e. The van der Waals surface area contributed by atoms with Crippen LogP contribution in [-0.2, 0) is 16.1 Å². The summed E-state index contributed by atoms with van der Waals surface area (Å²) in [5.74, 6) is -4.58. The van der Waals surface area contributed by atoms with E-state index in [2.05, 4.69) is 25.7 Å². The van der Waals surface area contributed by atoms with Crippen molar-refractivity contribution < 1.29 is 36.3 Å². The van der Waals surface area contributed by atoms with E-state index in [0.717, 1.165) is 12.3 Å². The van der Waals surface area contributed by atoms with Crippen molar-refractivity contribution in [3.05, 3.63) is 40.7 Å². The molecule has 0 spiro atoms. The smallest absolute Gasteiger partial charge is 0.355 e. The van der Waals surface area contributed by atoms with Gasteiger partial charge in [-0.1, -0.05) is 11.6 Å². The summed E-state index contributed by atoms with van der Waals surface area (Å²) >= 11 is 6.32. The number of aldehydes is 1. The third-order valence-corrected chi connectivity index (χ3v) is 7.89. The maximum Gasteiger partial charge on any atom is 0.408 e. The monoisotopic (exact) mass is 617 g/mol. The molecule has 0 radical (unpaired) electrons. The normalized spacial score (nSPS) is 22.3. The number of amides is 2. The minimum absolute atomic E-state index is 0.0329. The molecule has 4 N–H and O–H groups in total. The van der Waals surface area contributed by atoms with E-state index >= 15 is 0 Å². The average molecular weight is 618 g/mol. The number of aromatic nitrogens is 4. The van der Waals surface area contributed by atoms with E-state index in [1.54, 1.807) is 0 Å². The molecular weight excluding hydrogens is 589 g/mol. The fourth-order valence-corrected chi connectivity index (χ4v) is 5.46. The number of hydrogen-bond acceptors (Lipinski definition) is 6. The Balaban J connectivity index is 1.55. The number of piperidine rings is 1. The Labute approximate surface area is 242 Å². The fourth-order valence-electron chi connectivity index (χ4n) is 5.29. The lowest BCUT2D eigenvalue weighted by Gasteiger charge is -2.33. The molecule has 2 fully saturated rings. The minimum Gasteiger partial charge on any atom is -0.355 e. The molecule has 2 aromatic heterocycles. The Morgan fingerprint density at radius 3 is 2.64 bits per heavy atom. The molecule has 228 valence electrons. The van der Waals surface area contributed by atoms with Gasteiger partial charge in [0.05, 0.1) is 28.7 Å². The van der Waals surface area contributed by atoms with Crippen LogP contribution in [0.5, 0.6) is 0 Å². The summed E-state index contributed by atoms with van der Waals surface area (Å²) in [5.41, 5.74) is -1.66. The molecule has 2 amide bonds. The van der Waals surface area contributed by atoms with Crippen LogP contribution in [0, 0.1) is 16.7 Å². The van der Waals surface area contributed by atoms with Gasteiger partial charge in [-0.3, -0.25) is 14.3 Å². The van der Waals surface area contributed by atoms with E-state index in [9.17, 15) is 36.3 Å². The standard InChI is InChI=1S/C26H29ClF5N7O3/c27-16(17(33)11-24(14-40)5-1-8-34-23(24)42)10-20-35-12-18(37-20)21(15-2-6-25(28,29)7-3-15)38-22(41)19-4-9-36-39(19)13-26(30,31)32/h4,9-10,12,14-15,21,33H,1-3,5-8,11,13H2,(H,34,42)(H,35,37)(H,38,41)/b16-10+,33-17?. The van der Waals surface area contributed by atoms with Gasteiger partial charge in [0.25, 0.3) is 5.91 Å². The topological polar surface area (TPSA) is 146 Å². The van der Waals surface area contributed by atoms with Crippen LogP contribution < -0.4 is 10.6 Å². The zero-order valence-electron chi connectivity index (χ0n) is 22.2. The van der Waals surface area contributed by atoms with Crippen LogP contribution in [0.15, 0.2) is 23.5 Å². The third kappa shape index (κ3) is 7.41. The first kappa shape index (κ1) is 31.3. The number of carbonyl (C=O) groups is 3. The minimum atomic E-state index is -4.63. The fraction of sp³-hybridized carbons (Fsp3) is 0.538. The van der Waals surface area contributed by atoms with Gasteiger partial charge in [0.15, 0.2) is 0 Å². The Bertz CT molecular complexity index is 1360. The first-order chi connectivity index (χ1) is 19.7. The lowest BCUT2D eigenvalue weighted by Crippen LogP contribution is -2.48. The lowest BCUT2D eigenvalue weighted by atomic mass is 9.77. The van der Waals surface area contributed by atoms with Gasteiger partial charge < -0.3 is 25.8 Å². The zero-order valence-corrected chi connectivity index (χ0v) is 23.0. The Hall–Kier alpha value is -3.62. The Morgan fingerprint density at radius 1 is 1.29 bits per heavy atom. The molecule has 1 saturated heterocycles. The number of H-pyrrole nitrogens is 1. The van der Waals surface area contributed by atoms with Gasteiger partial charge >= 0.3 is 6.18 Å². The van der Waals surface area contributed by atoms with E-state index in [1.165, 1.54) is 12.3 Å². The second-order valence-electron chi connectivity index (χ2n) is 10.6. The Morgan fingerprint density at radius 2 is 2.00 bits per heavy atom. The number of alkyl halides is 5. The summed E-state index contributed by atoms with van der Waals surface area (Å²) < 4.78 is 67.2. The van der Waals surface area contributed by atoms with E-state index < -0.39 is 60.7 Å². The molecule has 2 aromatic rings. The molecule has 4 rings (SSSR count). The quantitative estimate of drug-likeness (QED) is 0.134. The molecule has 10 nitrogen and oxygen atoms in total. The highest BCUT2D eigenvalue weighted by Gasteiger charge is 2.42. The molecular formula is C26H29ClF5N7O3. The van der Waals surface area contributed by atoms with E-state index in [1.807, 2.05) is 0 Å². The van der Waals surface area contributed by atoms with Crippen LogP contribution in [-0.4, -0.2) is 62.2 Å². The van der Waals surface area contributed by atoms with E-state index in [0.29, 0.717) is 29.6 Å². The van der Waals surface area contributed by atoms with Crippen molar-refractivity contribution in [3.8, 4) is 0 Å². The summed E-state index contributed by atoms with van der Waals surface area (Å²) in [6.45, 7) is -1.05. The number of carbonyl (C=O) groups excluding carboxylic acids is 3. The van der Waals surface area contributed by atoms with Crippen molar-refractivity contribution in [1.29, 1.82) is 5.41 Å². The van der Waals surface area contributed by atoms with Gasteiger partial charge in [-0.05, 0) is 37.7 Å². The average Bonchev–Trinajstić information content (AvgIpc) is 3.57. The second kappa shape index (κ2) is 12.3. The highest BCUT2D eigenvalue weighted by atomic mass is 35.5. The highest BCUT2D eigenvalue weighted by Crippen LogP contribution is 2.41. The Kier molecular flexibility index (Phi) is 9.18. The summed E-state index contributed by atoms with van der Waals surface area (Å²) in [6, 6.07) is 0.207. The third-order valence-electron chi connectivity index (χ3n) is 7.56. The van der Waals surface area contributed by atoms with Crippen LogP contribution in [0.1, 0.15) is 73.0 Å². The molecule has 1 aliphatic heterocycles. The van der Waals surface area contributed by atoms with Crippen LogP contribution in [0.4, 0.5) is 22.0 Å². The van der Waals surface area contributed by atoms with Gasteiger partial charge in [0.1, 0.15) is 29.8 Å². The molecule has 1 saturated carbocycles. The molecule has 16 heteroatoms. The van der Waals surface area contributed by atoms with Gasteiger partial charge in [0, 0.05) is 38.1 Å². The molecule has 2 unspecified atom stereocenters. The van der Waals surface area contributed by atoms with Crippen molar-refractivity contribution >= 4 is 41.5 Å². The number of nitrogens with zero attached hydrogens (tertiary/aromatic N) is 3. The van der Waals surface area contributed by atoms with Crippen molar-refractivity contribution in [2.75, 3.05) is 6.54 Å². The molecule has 0 bridgehead atoms. The first-order valence-corrected chi connectivity index (χ1v) is 13.6. The van der Waals surface area contributed by atoms with Gasteiger partial charge in [-0.2, -0.15) is 18.3 Å². The highest BCUT2D eigenvalue weighted by molar-refractivity contribution is 6.45. The van der Waals surface area contributed by atoms with Crippen LogP contribution in [0.25, 0.3) is 6.08 Å². The maximum absolute atomic E-state index is 13.9. The van der Waals surface area contributed by atoms with Crippen molar-refractivity contribution in [3.63, 3.8) is 0 Å². The molecule has 1 aliphatic carbocycles. The summed E-state index contributed by atoms with van der Waals surface area (Å²) in [7, 11) is 0. The van der Waals surface area contributed by atoms with Crippen LogP contribution in [0.2, 0.25) is 0 Å². The second-order valence-corrected chi connectivity index (χ2v) is 11.0. The summed E-state index contributed by atoms with van der Waals surface area (Å²) in [5, 5.41) is 17.1. The van der Waals surface area contributed by atoms with Gasteiger partial charge in [-0.25, -0.2) is 13.8 Å². The van der Waals surface area contributed by atoms with Crippen LogP contribution >= 0.6 is 11.6 Å². The van der Waals surface area contributed by atoms with Gasteiger partial charge in [-0.15, -0.1) is 0 Å². The van der Waals surface area contributed by atoms with Crippen molar-refractivity contribution in [1.82, 2.24) is 30.4 Å². The first-order valence-electron chi connectivity index (χ1n) is 13.2. The number of aromatic amines is 1. The van der Waals surface area contributed by atoms with E-state index in [-0.39, 0.29) is 47.9 Å². The summed E-state index contributed by atoms with van der Waals surface area (Å²) in [4.78, 5) is 44.3. The molecule has 0 aromatic carbocycles. The number of hydrogen-bond donors (Lipinski definition) is 4. The lowest BCUT2D eigenvalue weighted by molar-refractivity contribution is -0.143. The molecule has 2 atom stereocenters. The predicted octanol–water partition coefficient (Wildman–Crippen LogP) is 4.55. The van der Waals surface area contributed by atoms with Crippen LogP contribution in [0.3, 0.4) is 0 Å². The van der Waals surface area contributed by atoms with E-state index in [4.69, 9.17) is 17.0 Å². The number of imidazole rings is 1. The van der Waals surface area contributed by atoms with Crippen molar-refractivity contribution in [2.24, 2.45) is 11.3 Å².